The summed E-state index contributed by atoms with van der Waals surface area (Å²) in [7, 11) is 3.27. The first-order chi connectivity index (χ1) is 11.5. The highest BCUT2D eigenvalue weighted by atomic mass is 35.5. The smallest absolute Gasteiger partial charge is 0.258 e. The van der Waals surface area contributed by atoms with Crippen molar-refractivity contribution in [1.82, 2.24) is 4.90 Å². The Morgan fingerprint density at radius 2 is 1.96 bits per heavy atom. The molecule has 0 radical (unpaired) electrons. The van der Waals surface area contributed by atoms with Crippen LogP contribution in [0.3, 0.4) is 0 Å². The highest BCUT2D eigenvalue weighted by molar-refractivity contribution is 6.31. The van der Waals surface area contributed by atoms with Gasteiger partial charge in [0.15, 0.2) is 0 Å². The molecule has 2 aromatic carbocycles. The van der Waals surface area contributed by atoms with Crippen LogP contribution in [0.5, 0.6) is 5.75 Å². The number of hydrogen-bond acceptors (Lipinski definition) is 3. The third-order valence-corrected chi connectivity index (χ3v) is 4.38. The Hall–Kier alpha value is -2.46. The van der Waals surface area contributed by atoms with E-state index in [9.17, 15) is 4.79 Å². The van der Waals surface area contributed by atoms with Crippen LogP contribution >= 0.6 is 11.6 Å². The number of methoxy groups -OCH3 is 1. The maximum absolute atomic E-state index is 12.9. The zero-order valence-corrected chi connectivity index (χ0v) is 14.5. The molecular weight excluding hydrogens is 326 g/mol. The molecule has 1 atom stereocenters. The topological polar surface area (TPSA) is 42.7 Å². The molecular formula is C19H18ClNO3. The van der Waals surface area contributed by atoms with Gasteiger partial charge in [0.05, 0.1) is 18.7 Å². The van der Waals surface area contributed by atoms with Gasteiger partial charge in [-0.3, -0.25) is 4.79 Å². The summed E-state index contributed by atoms with van der Waals surface area (Å²) in [5.74, 6) is 1.04. The van der Waals surface area contributed by atoms with E-state index in [1.807, 2.05) is 37.3 Å². The SMILES string of the molecule is COc1ccc(Cl)cc1C(=O)N(C)[C@@H](C)c1cc2ccccc2o1. The standard InChI is InChI=1S/C19H18ClNO3/c1-12(18-10-13-6-4-5-7-16(13)24-18)21(2)19(22)15-11-14(20)8-9-17(15)23-3/h4-12H,1-3H3/t12-/m0/s1. The number of carbonyl (C=O) groups excluding carboxylic acids is 1. The third kappa shape index (κ3) is 2.97. The molecule has 0 aliphatic rings. The van der Waals surface area contributed by atoms with Crippen LogP contribution < -0.4 is 4.74 Å². The van der Waals surface area contributed by atoms with Crippen molar-refractivity contribution in [1.29, 1.82) is 0 Å². The minimum absolute atomic E-state index is 0.178. The first-order valence-electron chi connectivity index (χ1n) is 7.60. The Kier molecular flexibility index (Phi) is 4.49. The van der Waals surface area contributed by atoms with Crippen LogP contribution in [0.25, 0.3) is 11.0 Å². The molecule has 0 unspecified atom stereocenters. The molecule has 124 valence electrons. The molecule has 0 N–H and O–H groups in total. The van der Waals surface area contributed by atoms with E-state index < -0.39 is 0 Å². The molecule has 0 spiro atoms. The van der Waals surface area contributed by atoms with Gasteiger partial charge in [-0.05, 0) is 37.3 Å². The average Bonchev–Trinajstić information content (AvgIpc) is 3.03. The van der Waals surface area contributed by atoms with Crippen LogP contribution in [0.4, 0.5) is 0 Å². The summed E-state index contributed by atoms with van der Waals surface area (Å²) in [6.45, 7) is 1.92. The molecule has 1 aromatic heterocycles. The summed E-state index contributed by atoms with van der Waals surface area (Å²) in [5, 5.41) is 1.50. The normalized spacial score (nSPS) is 12.2. The summed E-state index contributed by atoms with van der Waals surface area (Å²) in [6, 6.07) is 14.5. The summed E-state index contributed by atoms with van der Waals surface area (Å²) in [5.41, 5.74) is 1.23. The lowest BCUT2D eigenvalue weighted by Crippen LogP contribution is -2.29. The van der Waals surface area contributed by atoms with Gasteiger partial charge in [-0.2, -0.15) is 0 Å². The molecule has 0 saturated heterocycles. The van der Waals surface area contributed by atoms with Crippen LogP contribution in [0.2, 0.25) is 5.02 Å². The van der Waals surface area contributed by atoms with Crippen LogP contribution in [-0.2, 0) is 0 Å². The zero-order chi connectivity index (χ0) is 17.3. The molecule has 5 heteroatoms. The van der Waals surface area contributed by atoms with E-state index in [1.165, 1.54) is 7.11 Å². The molecule has 1 amide bonds. The zero-order valence-electron chi connectivity index (χ0n) is 13.7. The van der Waals surface area contributed by atoms with Crippen molar-refractivity contribution >= 4 is 28.5 Å². The van der Waals surface area contributed by atoms with Gasteiger partial charge in [0.1, 0.15) is 17.1 Å². The highest BCUT2D eigenvalue weighted by Gasteiger charge is 2.24. The molecule has 0 aliphatic heterocycles. The molecule has 3 aromatic rings. The predicted molar refractivity (Wildman–Crippen MR) is 94.7 cm³/mol. The van der Waals surface area contributed by atoms with Crippen molar-refractivity contribution < 1.29 is 13.9 Å². The largest absolute Gasteiger partial charge is 0.496 e. The quantitative estimate of drug-likeness (QED) is 0.674. The molecule has 0 bridgehead atoms. The van der Waals surface area contributed by atoms with Crippen LogP contribution in [0, 0.1) is 0 Å². The second-order valence-electron chi connectivity index (χ2n) is 5.62. The maximum atomic E-state index is 12.9. The summed E-state index contributed by atoms with van der Waals surface area (Å²) >= 11 is 6.03. The van der Waals surface area contributed by atoms with Crippen molar-refractivity contribution in [3.63, 3.8) is 0 Å². The minimum Gasteiger partial charge on any atom is -0.496 e. The van der Waals surface area contributed by atoms with E-state index in [-0.39, 0.29) is 11.9 Å². The highest BCUT2D eigenvalue weighted by Crippen LogP contribution is 2.30. The van der Waals surface area contributed by atoms with Crippen molar-refractivity contribution in [2.75, 3.05) is 14.2 Å². The fourth-order valence-electron chi connectivity index (χ4n) is 2.61. The number of para-hydroxylation sites is 1. The Morgan fingerprint density at radius 3 is 2.67 bits per heavy atom. The minimum atomic E-state index is -0.228. The predicted octanol–water partition coefficient (Wildman–Crippen LogP) is 4.93. The van der Waals surface area contributed by atoms with Crippen molar-refractivity contribution in [3.05, 3.63) is 64.9 Å². The fourth-order valence-corrected chi connectivity index (χ4v) is 2.78. The van der Waals surface area contributed by atoms with E-state index in [4.69, 9.17) is 20.8 Å². The van der Waals surface area contributed by atoms with Gasteiger partial charge in [-0.15, -0.1) is 0 Å². The molecule has 4 nitrogen and oxygen atoms in total. The first-order valence-corrected chi connectivity index (χ1v) is 7.98. The lowest BCUT2D eigenvalue weighted by atomic mass is 10.1. The second kappa shape index (κ2) is 6.57. The van der Waals surface area contributed by atoms with Gasteiger partial charge in [0, 0.05) is 17.5 Å². The number of hydrogen-bond donors (Lipinski definition) is 0. The number of furan rings is 1. The number of ether oxygens (including phenoxy) is 1. The van der Waals surface area contributed by atoms with E-state index in [1.54, 1.807) is 30.1 Å². The average molecular weight is 344 g/mol. The number of carbonyl (C=O) groups is 1. The van der Waals surface area contributed by atoms with Crippen LogP contribution in [0.1, 0.15) is 29.1 Å². The lowest BCUT2D eigenvalue weighted by Gasteiger charge is -2.24. The van der Waals surface area contributed by atoms with Crippen molar-refractivity contribution in [2.45, 2.75) is 13.0 Å². The maximum Gasteiger partial charge on any atom is 0.258 e. The van der Waals surface area contributed by atoms with E-state index in [2.05, 4.69) is 0 Å². The molecule has 3 rings (SSSR count). The first kappa shape index (κ1) is 16.4. The van der Waals surface area contributed by atoms with Gasteiger partial charge >= 0.3 is 0 Å². The van der Waals surface area contributed by atoms with Crippen molar-refractivity contribution in [3.8, 4) is 5.75 Å². The summed E-state index contributed by atoms with van der Waals surface area (Å²) < 4.78 is 11.1. The number of nitrogens with zero attached hydrogens (tertiary/aromatic N) is 1. The fraction of sp³-hybridized carbons (Fsp3) is 0.211. The Balaban J connectivity index is 1.91. The molecule has 0 saturated carbocycles. The van der Waals surface area contributed by atoms with Gasteiger partial charge in [-0.25, -0.2) is 0 Å². The van der Waals surface area contributed by atoms with Gasteiger partial charge in [-0.1, -0.05) is 29.8 Å². The number of benzene rings is 2. The van der Waals surface area contributed by atoms with Crippen LogP contribution in [-0.4, -0.2) is 25.0 Å². The Morgan fingerprint density at radius 1 is 1.21 bits per heavy atom. The van der Waals surface area contributed by atoms with Gasteiger partial charge in [0.2, 0.25) is 0 Å². The van der Waals surface area contributed by atoms with E-state index >= 15 is 0 Å². The molecule has 1 heterocycles. The summed E-state index contributed by atoms with van der Waals surface area (Å²) in [4.78, 5) is 14.5. The molecule has 0 fully saturated rings. The second-order valence-corrected chi connectivity index (χ2v) is 6.06. The monoisotopic (exact) mass is 343 g/mol. The Bertz CT molecular complexity index is 854. The van der Waals surface area contributed by atoms with Crippen molar-refractivity contribution in [2.24, 2.45) is 0 Å². The van der Waals surface area contributed by atoms with Crippen LogP contribution in [0.15, 0.2) is 52.9 Å². The van der Waals surface area contributed by atoms with Gasteiger partial charge < -0.3 is 14.1 Å². The number of fused-ring (bicyclic) bond motifs is 1. The number of rotatable bonds is 4. The Labute approximate surface area is 145 Å². The van der Waals surface area contributed by atoms with E-state index in [0.29, 0.717) is 16.3 Å². The number of halogens is 1. The third-order valence-electron chi connectivity index (χ3n) is 4.15. The molecule has 0 aliphatic carbocycles. The lowest BCUT2D eigenvalue weighted by molar-refractivity contribution is 0.0724. The number of amides is 1. The van der Waals surface area contributed by atoms with Gasteiger partial charge in [0.25, 0.3) is 5.91 Å². The molecule has 24 heavy (non-hydrogen) atoms. The van der Waals surface area contributed by atoms with E-state index in [0.717, 1.165) is 16.7 Å². The summed E-state index contributed by atoms with van der Waals surface area (Å²) in [6.07, 6.45) is 0.